The molecule has 0 fully saturated rings. The minimum atomic E-state index is -1.16. The van der Waals surface area contributed by atoms with Crippen LogP contribution in [0.2, 0.25) is 0 Å². The Balaban J connectivity index is 0. The molecule has 1 heterocycles. The Hall–Kier alpha value is 0.120. The van der Waals surface area contributed by atoms with E-state index >= 15 is 0 Å². The topological polar surface area (TPSA) is 42.2 Å². The van der Waals surface area contributed by atoms with E-state index in [1.807, 2.05) is 23.2 Å². The van der Waals surface area contributed by atoms with Gasteiger partial charge < -0.3 is 0 Å². The fourth-order valence-corrected chi connectivity index (χ4v) is 2.22. The summed E-state index contributed by atoms with van der Waals surface area (Å²) in [7, 11) is 0. The first-order chi connectivity index (χ1) is 9.26. The van der Waals surface area contributed by atoms with Crippen molar-refractivity contribution in [3.8, 4) is 0 Å². The van der Waals surface area contributed by atoms with Gasteiger partial charge in [0.1, 0.15) is 0 Å². The maximum atomic E-state index is 11.2. The van der Waals surface area contributed by atoms with Gasteiger partial charge in [-0.3, -0.25) is 8.75 Å². The monoisotopic (exact) mass is 390 g/mol. The van der Waals surface area contributed by atoms with E-state index in [-0.39, 0.29) is 5.56 Å². The summed E-state index contributed by atoms with van der Waals surface area (Å²) >= 11 is 0.362. The van der Waals surface area contributed by atoms with Crippen molar-refractivity contribution in [2.75, 3.05) is 0 Å². The standard InChI is InChI=1S/C11H19NOS.C2H6.H2IO/c1-2-3-4-5-6-7-9-12-11(13)8-10-14-12;2*1-2/h8,10H,2-7,9H2,1H3;1-2H3;1-2H/q;;-1/i;;1T. The molecule has 110 valence electrons. The van der Waals surface area contributed by atoms with Crippen LogP contribution in [-0.4, -0.2) is 7.99 Å². The summed E-state index contributed by atoms with van der Waals surface area (Å²) in [4.78, 5) is 11.2. The first-order valence-corrected chi connectivity index (χ1v) is 8.46. The number of halogens is 1. The van der Waals surface area contributed by atoms with E-state index in [9.17, 15) is 4.79 Å². The van der Waals surface area contributed by atoms with Gasteiger partial charge in [-0.25, -0.2) is 0 Å². The van der Waals surface area contributed by atoms with Crippen LogP contribution in [0.5, 0.6) is 0 Å². The van der Waals surface area contributed by atoms with Gasteiger partial charge in [0.15, 0.2) is 0 Å². The van der Waals surface area contributed by atoms with Crippen LogP contribution in [0.1, 0.15) is 59.3 Å². The fourth-order valence-electron chi connectivity index (χ4n) is 1.50. The van der Waals surface area contributed by atoms with Crippen LogP contribution >= 0.6 is 11.5 Å². The Labute approximate surface area is 130 Å². The van der Waals surface area contributed by atoms with E-state index in [0.29, 0.717) is 0 Å². The van der Waals surface area contributed by atoms with Crippen LogP contribution < -0.4 is 28.4 Å². The molecule has 0 aliphatic heterocycles. The summed E-state index contributed by atoms with van der Waals surface area (Å²) in [6, 6.07) is 1.64. The molecule has 0 amide bonds. The third-order valence-electron chi connectivity index (χ3n) is 2.36. The summed E-state index contributed by atoms with van der Waals surface area (Å²) in [6.45, 7) is 7.13. The molecule has 1 N–H and O–H groups in total. The van der Waals surface area contributed by atoms with Crippen LogP contribution in [-0.2, 0) is 6.54 Å². The number of hydrogen-bond acceptors (Lipinski definition) is 3. The van der Waals surface area contributed by atoms with Crippen molar-refractivity contribution < 1.29 is 26.2 Å². The van der Waals surface area contributed by atoms with Gasteiger partial charge in [0.05, 0.1) is 0 Å². The SMILES string of the molecule is CC.CCCCCCCCn1sccc1=O.[3H][I-]O. The zero-order chi connectivity index (χ0) is 14.9. The molecule has 5 heteroatoms. The molecule has 3 nitrogen and oxygen atoms in total. The molecular formula is C13H27INO2S-. The quantitative estimate of drug-likeness (QED) is 0.544. The normalized spacial score (nSPS) is 9.89. The summed E-state index contributed by atoms with van der Waals surface area (Å²) in [6.07, 6.45) is 7.70. The molecule has 0 aliphatic rings. The minimum absolute atomic E-state index is 0.156. The van der Waals surface area contributed by atoms with Gasteiger partial charge in [-0.05, 0) is 6.42 Å². The number of hydrogen-bond donors (Lipinski definition) is 1. The molecule has 0 saturated carbocycles. The van der Waals surface area contributed by atoms with E-state index in [1.165, 1.54) is 43.6 Å². The molecule has 0 aliphatic carbocycles. The molecule has 18 heavy (non-hydrogen) atoms. The van der Waals surface area contributed by atoms with Crippen molar-refractivity contribution >= 4 is 11.5 Å². The van der Waals surface area contributed by atoms with Gasteiger partial charge in [0.2, 0.25) is 0 Å². The fraction of sp³-hybridized carbons (Fsp3) is 0.769. The van der Waals surface area contributed by atoms with Crippen LogP contribution in [0.4, 0.5) is 0 Å². The van der Waals surface area contributed by atoms with Crippen molar-refractivity contribution in [2.24, 2.45) is 0 Å². The van der Waals surface area contributed by atoms with Crippen molar-refractivity contribution in [1.82, 2.24) is 3.96 Å². The zero-order valence-corrected chi connectivity index (χ0v) is 14.7. The van der Waals surface area contributed by atoms with Crippen molar-refractivity contribution in [3.05, 3.63) is 21.8 Å². The van der Waals surface area contributed by atoms with Gasteiger partial charge in [0.25, 0.3) is 5.56 Å². The molecule has 0 saturated heterocycles. The second-order valence-electron chi connectivity index (χ2n) is 3.62. The molecule has 1 aromatic rings. The van der Waals surface area contributed by atoms with Gasteiger partial charge in [0, 0.05) is 18.0 Å². The third kappa shape index (κ3) is 11.2. The van der Waals surface area contributed by atoms with E-state index in [2.05, 4.69) is 6.92 Å². The summed E-state index contributed by atoms with van der Waals surface area (Å²) < 4.78 is 15.1. The molecule has 0 aromatic carbocycles. The van der Waals surface area contributed by atoms with Crippen molar-refractivity contribution in [3.63, 3.8) is 0 Å². The first kappa shape index (κ1) is 18.1. The second kappa shape index (κ2) is 17.1. The average Bonchev–Trinajstić information content (AvgIpc) is 2.83. The molecule has 1 aromatic heterocycles. The summed E-state index contributed by atoms with van der Waals surface area (Å²) in [5.41, 5.74) is 0.156. The van der Waals surface area contributed by atoms with E-state index in [1.54, 1.807) is 6.07 Å². The van der Waals surface area contributed by atoms with Gasteiger partial charge >= 0.3 is 26.8 Å². The van der Waals surface area contributed by atoms with Crippen molar-refractivity contribution in [2.45, 2.75) is 65.8 Å². The predicted molar refractivity (Wildman–Crippen MR) is 76.9 cm³/mol. The Kier molecular flexibility index (Phi) is 17.2. The van der Waals surface area contributed by atoms with Gasteiger partial charge in [-0.15, -0.1) is 0 Å². The third-order valence-corrected chi connectivity index (χ3v) is 3.23. The van der Waals surface area contributed by atoms with Gasteiger partial charge in [-0.1, -0.05) is 64.4 Å². The molecular weight excluding hydrogens is 361 g/mol. The predicted octanol–water partition coefficient (Wildman–Crippen LogP) is 0.476. The Morgan fingerprint density at radius 1 is 1.33 bits per heavy atom. The average molecular weight is 390 g/mol. The number of unbranched alkanes of at least 4 members (excludes halogenated alkanes) is 5. The number of nitrogens with zero attached hydrogens (tertiary/aromatic N) is 1. The molecule has 0 radical (unpaired) electrons. The molecule has 0 atom stereocenters. The zero-order valence-electron chi connectivity index (χ0n) is 12.7. The first-order valence-electron chi connectivity index (χ1n) is 7.04. The number of aryl methyl sites for hydroxylation is 1. The van der Waals surface area contributed by atoms with Gasteiger partial charge in [-0.2, -0.15) is 0 Å². The molecule has 0 unspecified atom stereocenters. The van der Waals surface area contributed by atoms with Crippen LogP contribution in [0, 0.1) is 0 Å². The molecule has 0 bridgehead atoms. The Morgan fingerprint density at radius 2 is 1.89 bits per heavy atom. The van der Waals surface area contributed by atoms with E-state index < -0.39 is 22.8 Å². The number of aromatic nitrogens is 1. The number of rotatable bonds is 7. The summed E-state index contributed by atoms with van der Waals surface area (Å²) in [5, 5.41) is 1.86. The van der Waals surface area contributed by atoms with Crippen LogP contribution in [0.15, 0.2) is 16.2 Å². The molecule has 0 spiro atoms. The summed E-state index contributed by atoms with van der Waals surface area (Å²) in [5.74, 6) is 0. The Bertz CT molecular complexity index is 318. The van der Waals surface area contributed by atoms with E-state index in [4.69, 9.17) is 4.03 Å². The Morgan fingerprint density at radius 3 is 2.39 bits per heavy atom. The molecule has 1 rings (SSSR count). The van der Waals surface area contributed by atoms with Crippen molar-refractivity contribution in [1.29, 1.82) is 0.594 Å². The van der Waals surface area contributed by atoms with Crippen LogP contribution in [0.25, 0.3) is 0 Å². The van der Waals surface area contributed by atoms with Crippen LogP contribution in [0.3, 0.4) is 0 Å². The second-order valence-corrected chi connectivity index (χ2v) is 4.54. The maximum absolute atomic E-state index is 11.2. The van der Waals surface area contributed by atoms with E-state index in [0.717, 1.165) is 13.0 Å².